The van der Waals surface area contributed by atoms with Crippen molar-refractivity contribution in [3.05, 3.63) is 36.7 Å². The van der Waals surface area contributed by atoms with Crippen molar-refractivity contribution in [2.45, 2.75) is 16.9 Å². The second-order valence-corrected chi connectivity index (χ2v) is 7.19. The van der Waals surface area contributed by atoms with E-state index in [0.717, 1.165) is 6.07 Å². The minimum Gasteiger partial charge on any atom is -0.352 e. The van der Waals surface area contributed by atoms with Gasteiger partial charge in [0, 0.05) is 20.3 Å². The van der Waals surface area contributed by atoms with Crippen molar-refractivity contribution in [1.82, 2.24) is 14.7 Å². The number of carbonyl (C=O) groups is 1. The van der Waals surface area contributed by atoms with Crippen molar-refractivity contribution in [1.29, 1.82) is 0 Å². The highest BCUT2D eigenvalue weighted by Crippen LogP contribution is 2.35. The molecule has 0 fully saturated rings. The average molecular weight is 376 g/mol. The Morgan fingerprint density at radius 2 is 1.92 bits per heavy atom. The van der Waals surface area contributed by atoms with Crippen molar-refractivity contribution >= 4 is 27.1 Å². The lowest BCUT2D eigenvalue weighted by atomic mass is 10.3. The first-order valence-corrected chi connectivity index (χ1v) is 8.40. The predicted molar refractivity (Wildman–Crippen MR) is 83.9 cm³/mol. The summed E-state index contributed by atoms with van der Waals surface area (Å²) in [6.07, 6.45) is 2.66. The number of carbonyl (C=O) groups excluding carboxylic acids is 1. The largest absolute Gasteiger partial charge is 0.501 e. The zero-order valence-electron chi connectivity index (χ0n) is 13.3. The number of hydrogen-bond acceptors (Lipinski definition) is 5. The fourth-order valence-electron chi connectivity index (χ4n) is 1.88. The Hall–Kier alpha value is -2.56. The van der Waals surface area contributed by atoms with Gasteiger partial charge in [-0.2, -0.15) is 18.3 Å². The van der Waals surface area contributed by atoms with Gasteiger partial charge in [0.15, 0.2) is 0 Å². The molecule has 2 aromatic rings. The molecule has 0 saturated heterocycles. The molecule has 0 aliphatic heterocycles. The number of benzene rings is 1. The number of halogens is 3. The zero-order chi connectivity index (χ0) is 18.8. The number of anilines is 2. The molecule has 0 spiro atoms. The Labute approximate surface area is 142 Å². The number of likely N-dealkylation sites (N-methyl/N-ethyl adjacent to an activating group) is 1. The molecule has 0 saturated carbocycles. The first-order chi connectivity index (χ1) is 11.5. The second kappa shape index (κ2) is 6.75. The van der Waals surface area contributed by atoms with Crippen LogP contribution in [0.3, 0.4) is 0 Å². The Kier molecular flexibility index (Phi) is 5.07. The monoisotopic (exact) mass is 376 g/mol. The third-order valence-electron chi connectivity index (χ3n) is 3.19. The van der Waals surface area contributed by atoms with Crippen LogP contribution >= 0.6 is 0 Å². The van der Waals surface area contributed by atoms with Gasteiger partial charge < -0.3 is 10.2 Å². The van der Waals surface area contributed by atoms with Gasteiger partial charge in [-0.3, -0.25) is 9.48 Å². The maximum absolute atomic E-state index is 12.8. The van der Waals surface area contributed by atoms with E-state index >= 15 is 0 Å². The molecule has 25 heavy (non-hydrogen) atoms. The summed E-state index contributed by atoms with van der Waals surface area (Å²) in [5, 5.41) is 6.50. The first-order valence-electron chi connectivity index (χ1n) is 6.92. The van der Waals surface area contributed by atoms with Crippen molar-refractivity contribution in [3.63, 3.8) is 0 Å². The lowest BCUT2D eigenvalue weighted by Gasteiger charge is -2.13. The molecule has 0 aliphatic rings. The van der Waals surface area contributed by atoms with Gasteiger partial charge in [-0.25, -0.2) is 8.42 Å². The van der Waals surface area contributed by atoms with E-state index in [1.165, 1.54) is 40.2 Å². The number of aromatic nitrogens is 2. The van der Waals surface area contributed by atoms with E-state index < -0.39 is 20.2 Å². The third kappa shape index (κ3) is 4.10. The standard InChI is InChI=1S/C14H15F3N4O3S/c1-20(2)13(22)9-21-8-10(7-18-21)19-11-5-3-4-6-12(11)25(23,24)14(15,16)17/h3-8,19H,9H2,1-2H3. The molecular weight excluding hydrogens is 361 g/mol. The lowest BCUT2D eigenvalue weighted by molar-refractivity contribution is -0.129. The fourth-order valence-corrected chi connectivity index (χ4v) is 2.79. The highest BCUT2D eigenvalue weighted by molar-refractivity contribution is 7.92. The van der Waals surface area contributed by atoms with Crippen molar-refractivity contribution < 1.29 is 26.4 Å². The Bertz CT molecular complexity index is 875. The van der Waals surface area contributed by atoms with Crippen LogP contribution < -0.4 is 5.32 Å². The summed E-state index contributed by atoms with van der Waals surface area (Å²) in [6.45, 7) is -0.0584. The maximum atomic E-state index is 12.8. The minimum absolute atomic E-state index is 0.0584. The molecule has 7 nitrogen and oxygen atoms in total. The quantitative estimate of drug-likeness (QED) is 0.863. The number of amides is 1. The number of nitrogens with zero attached hydrogens (tertiary/aromatic N) is 3. The molecule has 0 atom stereocenters. The van der Waals surface area contributed by atoms with Gasteiger partial charge in [0.05, 0.1) is 22.5 Å². The van der Waals surface area contributed by atoms with Crippen LogP contribution in [0.15, 0.2) is 41.6 Å². The number of hydrogen-bond donors (Lipinski definition) is 1. The normalized spacial score (nSPS) is 12.0. The van der Waals surface area contributed by atoms with Crippen molar-refractivity contribution in [2.24, 2.45) is 0 Å². The van der Waals surface area contributed by atoms with E-state index in [1.807, 2.05) is 0 Å². The van der Waals surface area contributed by atoms with Gasteiger partial charge in [-0.1, -0.05) is 12.1 Å². The van der Waals surface area contributed by atoms with Crippen molar-refractivity contribution in [2.75, 3.05) is 19.4 Å². The Balaban J connectivity index is 2.28. The summed E-state index contributed by atoms with van der Waals surface area (Å²) in [7, 11) is -2.36. The summed E-state index contributed by atoms with van der Waals surface area (Å²) >= 11 is 0. The zero-order valence-corrected chi connectivity index (χ0v) is 14.1. The van der Waals surface area contributed by atoms with E-state index in [0.29, 0.717) is 0 Å². The van der Waals surface area contributed by atoms with Crippen LogP contribution in [0.1, 0.15) is 0 Å². The molecule has 1 heterocycles. The van der Waals surface area contributed by atoms with Gasteiger partial charge >= 0.3 is 5.51 Å². The van der Waals surface area contributed by atoms with Gasteiger partial charge in [0.1, 0.15) is 6.54 Å². The highest BCUT2D eigenvalue weighted by atomic mass is 32.2. The molecule has 0 radical (unpaired) electrons. The fraction of sp³-hybridized carbons (Fsp3) is 0.286. The van der Waals surface area contributed by atoms with Crippen LogP contribution in [-0.4, -0.2) is 48.6 Å². The lowest BCUT2D eigenvalue weighted by Crippen LogP contribution is -2.26. The molecule has 0 unspecified atom stereocenters. The molecule has 0 aliphatic carbocycles. The number of alkyl halides is 3. The molecular formula is C14H15F3N4O3S. The molecule has 1 aromatic carbocycles. The minimum atomic E-state index is -5.50. The molecule has 1 amide bonds. The van der Waals surface area contributed by atoms with Gasteiger partial charge in [-0.05, 0) is 12.1 Å². The van der Waals surface area contributed by atoms with E-state index in [-0.39, 0.29) is 23.8 Å². The van der Waals surface area contributed by atoms with Crippen LogP contribution in [0, 0.1) is 0 Å². The van der Waals surface area contributed by atoms with E-state index in [1.54, 1.807) is 14.1 Å². The van der Waals surface area contributed by atoms with Gasteiger partial charge in [0.2, 0.25) is 5.91 Å². The maximum Gasteiger partial charge on any atom is 0.501 e. The van der Waals surface area contributed by atoms with Crippen LogP contribution in [0.4, 0.5) is 24.5 Å². The smallest absolute Gasteiger partial charge is 0.352 e. The van der Waals surface area contributed by atoms with Gasteiger partial charge in [-0.15, -0.1) is 0 Å². The highest BCUT2D eigenvalue weighted by Gasteiger charge is 2.47. The number of nitrogens with one attached hydrogen (secondary N) is 1. The summed E-state index contributed by atoms with van der Waals surface area (Å²) in [5.74, 6) is -0.227. The number of rotatable bonds is 5. The summed E-state index contributed by atoms with van der Waals surface area (Å²) in [5.41, 5.74) is -5.40. The molecule has 0 bridgehead atoms. The number of sulfone groups is 1. The van der Waals surface area contributed by atoms with E-state index in [2.05, 4.69) is 10.4 Å². The van der Waals surface area contributed by atoms with E-state index in [4.69, 9.17) is 0 Å². The van der Waals surface area contributed by atoms with Crippen molar-refractivity contribution in [3.8, 4) is 0 Å². The van der Waals surface area contributed by atoms with Crippen LogP contribution in [0.25, 0.3) is 0 Å². The molecule has 136 valence electrons. The predicted octanol–water partition coefficient (Wildman–Crippen LogP) is 2.01. The van der Waals surface area contributed by atoms with Crippen LogP contribution in [0.5, 0.6) is 0 Å². The summed E-state index contributed by atoms with van der Waals surface area (Å²) < 4.78 is 63.0. The summed E-state index contributed by atoms with van der Waals surface area (Å²) in [6, 6.07) is 4.67. The summed E-state index contributed by atoms with van der Waals surface area (Å²) in [4.78, 5) is 12.1. The van der Waals surface area contributed by atoms with E-state index in [9.17, 15) is 26.4 Å². The SMILES string of the molecule is CN(C)C(=O)Cn1cc(Nc2ccccc2S(=O)(=O)C(F)(F)F)cn1. The molecule has 1 aromatic heterocycles. The van der Waals surface area contributed by atoms with Crippen LogP contribution in [0.2, 0.25) is 0 Å². The molecule has 2 rings (SSSR count). The first kappa shape index (κ1) is 18.8. The Morgan fingerprint density at radius 3 is 2.52 bits per heavy atom. The van der Waals surface area contributed by atoms with Crippen LogP contribution in [-0.2, 0) is 21.2 Å². The molecule has 11 heteroatoms. The molecule has 1 N–H and O–H groups in total. The number of para-hydroxylation sites is 1. The average Bonchev–Trinajstić information content (AvgIpc) is 2.93. The topological polar surface area (TPSA) is 84.3 Å². The Morgan fingerprint density at radius 1 is 1.28 bits per heavy atom. The third-order valence-corrected chi connectivity index (χ3v) is 4.73. The van der Waals surface area contributed by atoms with Gasteiger partial charge in [0.25, 0.3) is 9.84 Å². The second-order valence-electron chi connectivity index (χ2n) is 5.29.